The third-order valence-electron chi connectivity index (χ3n) is 12.1. The second-order valence-electron chi connectivity index (χ2n) is 16.8. The fourth-order valence-corrected chi connectivity index (χ4v) is 8.49. The van der Waals surface area contributed by atoms with Gasteiger partial charge in [-0.25, -0.2) is 0 Å². The second-order valence-corrected chi connectivity index (χ2v) is 16.8. The molecule has 0 heterocycles. The van der Waals surface area contributed by atoms with Gasteiger partial charge < -0.3 is 9.80 Å². The molecule has 2 nitrogen and oxygen atoms in total. The molecular weight excluding hydrogens is 701 g/mol. The van der Waals surface area contributed by atoms with E-state index in [2.05, 4.69) is 244 Å². The van der Waals surface area contributed by atoms with Gasteiger partial charge in [-0.15, -0.1) is 0 Å². The van der Waals surface area contributed by atoms with E-state index < -0.39 is 5.41 Å². The number of nitrogens with zero attached hydrogens (tertiary/aromatic N) is 2. The van der Waals surface area contributed by atoms with Crippen LogP contribution in [-0.4, -0.2) is 0 Å². The zero-order valence-corrected chi connectivity index (χ0v) is 33.9. The SMILES string of the molecule is CC(C)(C)c1ccc(N(c2ccccc2)c2ccc(C(C)(c3ccc(-c4ccc5c(c4)CC5)cc3)c3ccc(N(c4ccccc4)c4ccccc4)cc3)cc2)cc1. The van der Waals surface area contributed by atoms with Crippen LogP contribution in [0.5, 0.6) is 0 Å². The molecule has 284 valence electrons. The molecule has 0 spiro atoms. The summed E-state index contributed by atoms with van der Waals surface area (Å²) in [6.07, 6.45) is 2.38. The first-order chi connectivity index (χ1) is 28.3. The molecule has 1 atom stereocenters. The van der Waals surface area contributed by atoms with Crippen LogP contribution in [0.4, 0.5) is 34.1 Å². The number of aryl methyl sites for hydroxylation is 2. The number of hydrogen-bond donors (Lipinski definition) is 0. The molecule has 1 unspecified atom stereocenters. The Morgan fingerprint density at radius 1 is 0.310 bits per heavy atom. The van der Waals surface area contributed by atoms with Crippen LogP contribution in [0, 0.1) is 0 Å². The third kappa shape index (κ3) is 7.12. The molecule has 0 N–H and O–H groups in total. The monoisotopic (exact) mass is 750 g/mol. The van der Waals surface area contributed by atoms with Crippen molar-refractivity contribution in [1.82, 2.24) is 0 Å². The van der Waals surface area contributed by atoms with Crippen molar-refractivity contribution in [2.75, 3.05) is 9.80 Å². The molecular formula is C56H50N2. The normalized spacial score (nSPS) is 13.2. The van der Waals surface area contributed by atoms with E-state index in [1.165, 1.54) is 57.3 Å². The molecule has 0 fully saturated rings. The van der Waals surface area contributed by atoms with E-state index in [-0.39, 0.29) is 5.41 Å². The van der Waals surface area contributed by atoms with Crippen molar-refractivity contribution < 1.29 is 0 Å². The largest absolute Gasteiger partial charge is 0.311 e. The summed E-state index contributed by atoms with van der Waals surface area (Å²) in [4.78, 5) is 4.68. The molecule has 2 heteroatoms. The summed E-state index contributed by atoms with van der Waals surface area (Å²) < 4.78 is 0. The Balaban J connectivity index is 1.13. The molecule has 1 aliphatic rings. The Morgan fingerprint density at radius 2 is 0.638 bits per heavy atom. The first kappa shape index (κ1) is 37.0. The average Bonchev–Trinajstić information content (AvgIpc) is 3.26. The van der Waals surface area contributed by atoms with Crippen molar-refractivity contribution >= 4 is 34.1 Å². The zero-order chi connectivity index (χ0) is 39.7. The van der Waals surface area contributed by atoms with Crippen LogP contribution in [0.3, 0.4) is 0 Å². The van der Waals surface area contributed by atoms with Crippen molar-refractivity contribution in [3.05, 3.63) is 240 Å². The average molecular weight is 751 g/mol. The highest BCUT2D eigenvalue weighted by Gasteiger charge is 2.32. The van der Waals surface area contributed by atoms with Gasteiger partial charge in [0.15, 0.2) is 0 Å². The minimum absolute atomic E-state index is 0.0851. The maximum atomic E-state index is 2.38. The first-order valence-electron chi connectivity index (χ1n) is 20.6. The van der Waals surface area contributed by atoms with Crippen molar-refractivity contribution in [2.45, 2.75) is 51.4 Å². The topological polar surface area (TPSA) is 6.48 Å². The van der Waals surface area contributed by atoms with Crippen LogP contribution in [-0.2, 0) is 23.7 Å². The van der Waals surface area contributed by atoms with Crippen molar-refractivity contribution in [2.24, 2.45) is 0 Å². The lowest BCUT2D eigenvalue weighted by molar-refractivity contribution is 0.590. The number of para-hydroxylation sites is 3. The summed E-state index contributed by atoms with van der Waals surface area (Å²) in [5.41, 5.74) is 17.0. The summed E-state index contributed by atoms with van der Waals surface area (Å²) in [5, 5.41) is 0. The molecule has 9 rings (SSSR count). The van der Waals surface area contributed by atoms with Crippen LogP contribution >= 0.6 is 0 Å². The standard InChI is InChI=1S/C56H50N2/c1-55(2,3)45-28-34-52(35-29-45)58(51-18-12-7-13-19-51)54-38-32-48(33-39-54)56(4,46-26-24-42(25-27-46)44-23-21-41-20-22-43(41)40-44)47-30-36-53(37-31-47)57(49-14-8-5-9-15-49)50-16-10-6-11-17-50/h5-19,21,23-40H,20,22H2,1-4H3. The number of fused-ring (bicyclic) bond motifs is 1. The molecule has 0 saturated carbocycles. The highest BCUT2D eigenvalue weighted by atomic mass is 15.1. The lowest BCUT2D eigenvalue weighted by atomic mass is 9.70. The van der Waals surface area contributed by atoms with E-state index in [9.17, 15) is 0 Å². The summed E-state index contributed by atoms with van der Waals surface area (Å²) >= 11 is 0. The van der Waals surface area contributed by atoms with Crippen LogP contribution in [0.2, 0.25) is 0 Å². The smallest absolute Gasteiger partial charge is 0.0461 e. The van der Waals surface area contributed by atoms with Crippen molar-refractivity contribution in [3.8, 4) is 11.1 Å². The first-order valence-corrected chi connectivity index (χ1v) is 20.6. The number of benzene rings is 8. The Labute approximate surface area is 344 Å². The molecule has 0 aromatic heterocycles. The minimum atomic E-state index is -0.438. The van der Waals surface area contributed by atoms with Gasteiger partial charge in [-0.2, -0.15) is 0 Å². The number of rotatable bonds is 10. The van der Waals surface area contributed by atoms with Gasteiger partial charge in [0, 0.05) is 39.5 Å². The maximum absolute atomic E-state index is 2.38. The minimum Gasteiger partial charge on any atom is -0.311 e. The third-order valence-corrected chi connectivity index (χ3v) is 12.1. The molecule has 0 aliphatic heterocycles. The Morgan fingerprint density at radius 3 is 0.983 bits per heavy atom. The second kappa shape index (κ2) is 15.4. The molecule has 0 amide bonds. The summed E-state index contributed by atoms with van der Waals surface area (Å²) in [6.45, 7) is 9.18. The van der Waals surface area contributed by atoms with E-state index in [4.69, 9.17) is 0 Å². The number of anilines is 6. The highest BCUT2D eigenvalue weighted by molar-refractivity contribution is 5.78. The molecule has 0 radical (unpaired) electrons. The van der Waals surface area contributed by atoms with Crippen LogP contribution in [0.25, 0.3) is 11.1 Å². The van der Waals surface area contributed by atoms with Gasteiger partial charge in [0.1, 0.15) is 0 Å². The van der Waals surface area contributed by atoms with Gasteiger partial charge in [-0.3, -0.25) is 0 Å². The van der Waals surface area contributed by atoms with E-state index in [1.54, 1.807) is 0 Å². The van der Waals surface area contributed by atoms with Gasteiger partial charge in [0.2, 0.25) is 0 Å². The van der Waals surface area contributed by atoms with Gasteiger partial charge >= 0.3 is 0 Å². The molecule has 8 aromatic rings. The maximum Gasteiger partial charge on any atom is 0.0461 e. The fraction of sp³-hybridized carbons (Fsp3) is 0.143. The van der Waals surface area contributed by atoms with Gasteiger partial charge in [-0.1, -0.05) is 154 Å². The summed E-state index contributed by atoms with van der Waals surface area (Å²) in [6, 6.07) is 75.6. The van der Waals surface area contributed by atoms with Crippen LogP contribution in [0.1, 0.15) is 61.1 Å². The molecule has 1 aliphatic carbocycles. The molecule has 58 heavy (non-hydrogen) atoms. The molecule has 0 saturated heterocycles. The van der Waals surface area contributed by atoms with Gasteiger partial charge in [0.25, 0.3) is 0 Å². The van der Waals surface area contributed by atoms with E-state index >= 15 is 0 Å². The van der Waals surface area contributed by atoms with Gasteiger partial charge in [-0.05, 0) is 142 Å². The fourth-order valence-electron chi connectivity index (χ4n) is 8.49. The summed E-state index contributed by atoms with van der Waals surface area (Å²) in [7, 11) is 0. The Hall–Kier alpha value is -6.64. The van der Waals surface area contributed by atoms with E-state index in [0.717, 1.165) is 34.1 Å². The molecule has 8 aromatic carbocycles. The van der Waals surface area contributed by atoms with Crippen LogP contribution in [0.15, 0.2) is 206 Å². The van der Waals surface area contributed by atoms with Gasteiger partial charge in [0.05, 0.1) is 0 Å². The predicted molar refractivity (Wildman–Crippen MR) is 246 cm³/mol. The Bertz CT molecular complexity index is 2570. The zero-order valence-electron chi connectivity index (χ0n) is 33.9. The van der Waals surface area contributed by atoms with Crippen molar-refractivity contribution in [3.63, 3.8) is 0 Å². The lowest BCUT2D eigenvalue weighted by Gasteiger charge is -2.34. The number of hydrogen-bond acceptors (Lipinski definition) is 2. The lowest BCUT2D eigenvalue weighted by Crippen LogP contribution is -2.25. The van der Waals surface area contributed by atoms with E-state index in [1.807, 2.05) is 0 Å². The quantitative estimate of drug-likeness (QED) is 0.128. The Kier molecular flexibility index (Phi) is 9.79. The van der Waals surface area contributed by atoms with Crippen LogP contribution < -0.4 is 9.80 Å². The highest BCUT2D eigenvalue weighted by Crippen LogP contribution is 2.44. The molecule has 0 bridgehead atoms. The predicted octanol–water partition coefficient (Wildman–Crippen LogP) is 15.0. The van der Waals surface area contributed by atoms with E-state index in [0.29, 0.717) is 0 Å². The van der Waals surface area contributed by atoms with Crippen molar-refractivity contribution in [1.29, 1.82) is 0 Å². The summed E-state index contributed by atoms with van der Waals surface area (Å²) in [5.74, 6) is 0.